The Morgan fingerprint density at radius 2 is 0.257 bits per heavy atom. The van der Waals surface area contributed by atoms with Crippen molar-refractivity contribution in [2.24, 2.45) is 0 Å². The summed E-state index contributed by atoms with van der Waals surface area (Å²) in [7, 11) is 0. The fourth-order valence-corrected chi connectivity index (χ4v) is 21.1. The van der Waals surface area contributed by atoms with Gasteiger partial charge in [0.25, 0.3) is 0 Å². The number of nitrogens with zero attached hydrogens (tertiary/aromatic N) is 4. The lowest BCUT2D eigenvalue weighted by Gasteiger charge is -2.19. The number of aromatic nitrogens is 4. The number of hydrogen-bond donors (Lipinski definition) is 0. The van der Waals surface area contributed by atoms with E-state index in [1.807, 2.05) is 0 Å². The van der Waals surface area contributed by atoms with Gasteiger partial charge in [-0.2, -0.15) is 0 Å². The van der Waals surface area contributed by atoms with Crippen LogP contribution in [0, 0.1) is 0 Å². The van der Waals surface area contributed by atoms with E-state index in [1.165, 1.54) is 226 Å². The number of rotatable bonds is 16. The predicted molar refractivity (Wildman–Crippen MR) is 575 cm³/mol. The van der Waals surface area contributed by atoms with E-state index in [2.05, 4.69) is 552 Å². The van der Waals surface area contributed by atoms with Gasteiger partial charge >= 0.3 is 0 Å². The Labute approximate surface area is 790 Å². The zero-order valence-corrected chi connectivity index (χ0v) is 74.6. The van der Waals surface area contributed by atoms with Crippen LogP contribution in [0.4, 0.5) is 0 Å². The predicted octanol–water partition coefficient (Wildman–Crippen LogP) is 35.8. The average molecular weight is 1730 g/mol. The molecule has 0 fully saturated rings. The van der Waals surface area contributed by atoms with Crippen LogP contribution in [-0.4, -0.2) is 18.3 Å². The first-order valence-electron chi connectivity index (χ1n) is 46.8. The van der Waals surface area contributed by atoms with Crippen LogP contribution in [0.15, 0.2) is 534 Å². The van der Waals surface area contributed by atoms with Gasteiger partial charge in [-0.1, -0.05) is 388 Å². The molecule has 636 valence electrons. The third-order valence-electron chi connectivity index (χ3n) is 27.5. The van der Waals surface area contributed by atoms with Gasteiger partial charge in [0.05, 0.1) is 44.1 Å². The molecule has 4 nitrogen and oxygen atoms in total. The molecule has 0 atom stereocenters. The average Bonchev–Trinajstić information content (AvgIpc) is 1.62. The van der Waals surface area contributed by atoms with E-state index in [-0.39, 0.29) is 0 Å². The van der Waals surface area contributed by atoms with Gasteiger partial charge in [-0.15, -0.1) is 0 Å². The maximum atomic E-state index is 2.40. The van der Waals surface area contributed by atoms with Gasteiger partial charge < -0.3 is 18.3 Å². The zero-order valence-electron chi connectivity index (χ0n) is 74.6. The highest BCUT2D eigenvalue weighted by Gasteiger charge is 2.24. The molecule has 0 spiro atoms. The maximum absolute atomic E-state index is 2.40. The van der Waals surface area contributed by atoms with Crippen molar-refractivity contribution in [2.45, 2.75) is 0 Å². The van der Waals surface area contributed by atoms with Crippen molar-refractivity contribution in [1.29, 1.82) is 0 Å². The molecule has 26 rings (SSSR count). The molecule has 136 heavy (non-hydrogen) atoms. The van der Waals surface area contributed by atoms with E-state index in [0.29, 0.717) is 0 Å². The fraction of sp³-hybridized carbons (Fsp3) is 0. The minimum atomic E-state index is 1.15. The molecule has 26 aromatic rings. The number of fused-ring (bicyclic) bond motifs is 12. The van der Waals surface area contributed by atoms with Gasteiger partial charge in [0.2, 0.25) is 0 Å². The van der Waals surface area contributed by atoms with Crippen molar-refractivity contribution < 1.29 is 0 Å². The van der Waals surface area contributed by atoms with Gasteiger partial charge in [0.1, 0.15) is 0 Å². The van der Waals surface area contributed by atoms with Crippen molar-refractivity contribution in [1.82, 2.24) is 18.3 Å². The second-order valence-electron chi connectivity index (χ2n) is 35.3. The molecule has 4 heteroatoms. The van der Waals surface area contributed by atoms with Crippen LogP contribution in [0.1, 0.15) is 0 Å². The minimum Gasteiger partial charge on any atom is -0.309 e. The molecule has 0 bridgehead atoms. The molecule has 0 saturated carbocycles. The summed E-state index contributed by atoms with van der Waals surface area (Å²) in [5.74, 6) is 0. The van der Waals surface area contributed by atoms with E-state index < -0.39 is 0 Å². The summed E-state index contributed by atoms with van der Waals surface area (Å²) in [6.45, 7) is 0. The summed E-state index contributed by atoms with van der Waals surface area (Å²) in [5, 5.41) is 9.97. The summed E-state index contributed by atoms with van der Waals surface area (Å²) >= 11 is 0. The Hall–Kier alpha value is -18.0. The lowest BCUT2D eigenvalue weighted by Crippen LogP contribution is -1.94. The molecule has 0 aliphatic heterocycles. The second-order valence-corrected chi connectivity index (χ2v) is 35.3. The molecule has 0 N–H and O–H groups in total. The Morgan fingerprint density at radius 1 is 0.0882 bits per heavy atom. The highest BCUT2D eigenvalue weighted by Crippen LogP contribution is 2.48. The molecular weight excluding hydrogens is 1640 g/mol. The molecule has 4 heterocycles. The molecule has 22 aromatic carbocycles. The van der Waals surface area contributed by atoms with Crippen LogP contribution in [0.5, 0.6) is 0 Å². The maximum Gasteiger partial charge on any atom is 0.0541 e. The zero-order chi connectivity index (χ0) is 89.9. The number of hydrogen-bond acceptors (Lipinski definition) is 0. The summed E-state index contributed by atoms with van der Waals surface area (Å²) in [4.78, 5) is 0. The third-order valence-corrected chi connectivity index (χ3v) is 27.5. The molecule has 0 unspecified atom stereocenters. The molecule has 0 amide bonds. The molecule has 4 aromatic heterocycles. The van der Waals surface area contributed by atoms with Gasteiger partial charge in [0, 0.05) is 65.8 Å². The SMILES string of the molecule is c1ccc(-c2ccc(-n3c4ccccc4c4cc(-c5cccc(-c6cccc(-c7cccc(-c8cccc(-c9ccc%10c(c9)c9ccccc9n%10-c9ccccc9)c8)c7)c6)c5)ccc43)cc2)cc1.c1ccc(-c2ccc(-n3c4ccccc4c4cc(-c5ccccc5-c5ccccc5-c5ccccc5-c5ccccc5-c5ccc6c(c5)c5ccccc5n6-c5ccccc5)ccc43)cc2)cc1. The summed E-state index contributed by atoms with van der Waals surface area (Å²) in [6.07, 6.45) is 0. The lowest BCUT2D eigenvalue weighted by atomic mass is 9.85. The smallest absolute Gasteiger partial charge is 0.0541 e. The Kier molecular flexibility index (Phi) is 20.3. The van der Waals surface area contributed by atoms with E-state index in [9.17, 15) is 0 Å². The first-order chi connectivity index (χ1) is 67.5. The van der Waals surface area contributed by atoms with E-state index in [4.69, 9.17) is 0 Å². The first-order valence-corrected chi connectivity index (χ1v) is 46.8. The van der Waals surface area contributed by atoms with Gasteiger partial charge in [-0.25, -0.2) is 0 Å². The summed E-state index contributed by atoms with van der Waals surface area (Å²) < 4.78 is 9.55. The quantitative estimate of drug-likeness (QED) is 0.0919. The molecular formula is C132H88N4. The van der Waals surface area contributed by atoms with E-state index in [1.54, 1.807) is 0 Å². The largest absolute Gasteiger partial charge is 0.309 e. The van der Waals surface area contributed by atoms with Gasteiger partial charge in [-0.3, -0.25) is 0 Å². The summed E-state index contributed by atoms with van der Waals surface area (Å²) in [6, 6.07) is 195. The van der Waals surface area contributed by atoms with E-state index in [0.717, 1.165) is 17.1 Å². The first kappa shape index (κ1) is 80.1. The van der Waals surface area contributed by atoms with Crippen LogP contribution in [-0.2, 0) is 0 Å². The topological polar surface area (TPSA) is 19.7 Å². The third kappa shape index (κ3) is 14.4. The Bertz CT molecular complexity index is 9060. The second kappa shape index (κ2) is 34.4. The minimum absolute atomic E-state index is 1.15. The monoisotopic (exact) mass is 1730 g/mol. The number of benzene rings is 22. The van der Waals surface area contributed by atoms with Crippen LogP contribution in [0.3, 0.4) is 0 Å². The van der Waals surface area contributed by atoms with Gasteiger partial charge in [-0.05, 0) is 279 Å². The highest BCUT2D eigenvalue weighted by molar-refractivity contribution is 6.15. The number of para-hydroxylation sites is 6. The van der Waals surface area contributed by atoms with E-state index >= 15 is 0 Å². The highest BCUT2D eigenvalue weighted by atomic mass is 15.0. The molecule has 0 aliphatic carbocycles. The van der Waals surface area contributed by atoms with Crippen LogP contribution in [0.2, 0.25) is 0 Å². The van der Waals surface area contributed by atoms with Crippen LogP contribution < -0.4 is 0 Å². The summed E-state index contributed by atoms with van der Waals surface area (Å²) in [5.41, 5.74) is 43.1. The fourth-order valence-electron chi connectivity index (χ4n) is 21.1. The van der Waals surface area contributed by atoms with Gasteiger partial charge in [0.15, 0.2) is 0 Å². The van der Waals surface area contributed by atoms with Crippen LogP contribution >= 0.6 is 0 Å². The van der Waals surface area contributed by atoms with Crippen molar-refractivity contribution in [3.05, 3.63) is 534 Å². The van der Waals surface area contributed by atoms with Crippen molar-refractivity contribution in [3.8, 4) is 156 Å². The molecule has 0 radical (unpaired) electrons. The van der Waals surface area contributed by atoms with Crippen molar-refractivity contribution in [3.63, 3.8) is 0 Å². The van der Waals surface area contributed by atoms with Crippen molar-refractivity contribution in [2.75, 3.05) is 0 Å². The Balaban J connectivity index is 0.000000145. The molecule has 0 saturated heterocycles. The van der Waals surface area contributed by atoms with Crippen molar-refractivity contribution >= 4 is 87.2 Å². The lowest BCUT2D eigenvalue weighted by molar-refractivity contribution is 1.18. The standard InChI is InChI=1S/2C66H44N2/c1-3-15-45(16-4-1)46-31-35-58(36-32-46)68-64-30-10-8-28-60(64)62-44-56(34-38-66(62)68)54-24-14-22-52(42-54)50-20-12-18-48(40-50)47-17-11-19-49(39-47)51-21-13-23-53(41-51)55-33-37-65-61(43-55)59-27-7-9-29-63(59)67(65)57-25-5-2-6-26-57;1-3-19-45(20-4-1)46-35-39-50(40-36-46)68-64-34-18-16-32-60(64)62-44-48(38-42-66(62)68)52-24-8-10-26-54(52)56-28-12-14-30-58(56)57-29-13-11-27-55(57)53-25-9-7-23-51(53)47-37-41-65-61(43-47)59-31-15-17-33-63(59)67(65)49-21-5-2-6-22-49/h2*1-44H. The van der Waals surface area contributed by atoms with Crippen LogP contribution in [0.25, 0.3) is 243 Å². The Morgan fingerprint density at radius 3 is 0.529 bits per heavy atom. The normalized spacial score (nSPS) is 11.5. The molecule has 0 aliphatic rings.